The number of aryl methyl sites for hydroxylation is 1. The molecule has 0 atom stereocenters. The summed E-state index contributed by atoms with van der Waals surface area (Å²) in [6, 6.07) is 0. The van der Waals surface area contributed by atoms with Crippen LogP contribution in [0.3, 0.4) is 0 Å². The third-order valence-corrected chi connectivity index (χ3v) is 4.11. The molecule has 0 aromatic carbocycles. The molecule has 2 rings (SSSR count). The van der Waals surface area contributed by atoms with E-state index in [2.05, 4.69) is 20.6 Å². The zero-order chi connectivity index (χ0) is 14.6. The standard InChI is InChI=1S/C15H26N4O/c1-11-13(16-3)18-12(2)19-14(11)17-10-15(20)8-6-4-5-7-9-15/h20H,4-10H2,1-3H3,(H2,16,17,18,19). The lowest BCUT2D eigenvalue weighted by atomic mass is 9.94. The molecule has 5 nitrogen and oxygen atoms in total. The average molecular weight is 278 g/mol. The number of hydrogen-bond donors (Lipinski definition) is 3. The Morgan fingerprint density at radius 1 is 1.05 bits per heavy atom. The third-order valence-electron chi connectivity index (χ3n) is 4.11. The first-order valence-corrected chi connectivity index (χ1v) is 7.53. The van der Waals surface area contributed by atoms with E-state index in [0.29, 0.717) is 6.54 Å². The van der Waals surface area contributed by atoms with Gasteiger partial charge in [-0.3, -0.25) is 0 Å². The number of anilines is 2. The first kappa shape index (κ1) is 15.0. The van der Waals surface area contributed by atoms with E-state index in [-0.39, 0.29) is 0 Å². The number of nitrogens with one attached hydrogen (secondary N) is 2. The van der Waals surface area contributed by atoms with Crippen LogP contribution in [0, 0.1) is 13.8 Å². The Hall–Kier alpha value is -1.36. The van der Waals surface area contributed by atoms with Gasteiger partial charge in [0, 0.05) is 19.2 Å². The highest BCUT2D eigenvalue weighted by atomic mass is 16.3. The van der Waals surface area contributed by atoms with E-state index in [1.54, 1.807) is 0 Å². The summed E-state index contributed by atoms with van der Waals surface area (Å²) in [6.45, 7) is 4.43. The molecule has 112 valence electrons. The van der Waals surface area contributed by atoms with Gasteiger partial charge in [0.05, 0.1) is 5.60 Å². The molecule has 0 unspecified atom stereocenters. The van der Waals surface area contributed by atoms with E-state index in [4.69, 9.17) is 0 Å². The summed E-state index contributed by atoms with van der Waals surface area (Å²) in [7, 11) is 1.86. The van der Waals surface area contributed by atoms with Gasteiger partial charge >= 0.3 is 0 Å². The minimum absolute atomic E-state index is 0.563. The van der Waals surface area contributed by atoms with Crippen LogP contribution in [-0.4, -0.2) is 34.3 Å². The largest absolute Gasteiger partial charge is 0.388 e. The van der Waals surface area contributed by atoms with Crippen LogP contribution in [0.4, 0.5) is 11.6 Å². The molecule has 0 amide bonds. The first-order valence-electron chi connectivity index (χ1n) is 7.53. The molecular formula is C15H26N4O. The van der Waals surface area contributed by atoms with Crippen LogP contribution < -0.4 is 10.6 Å². The maximum absolute atomic E-state index is 10.7. The molecular weight excluding hydrogens is 252 g/mol. The van der Waals surface area contributed by atoms with Crippen LogP contribution in [0.25, 0.3) is 0 Å². The molecule has 3 N–H and O–H groups in total. The highest BCUT2D eigenvalue weighted by molar-refractivity contribution is 5.57. The second-order valence-corrected chi connectivity index (χ2v) is 5.84. The molecule has 1 aromatic heterocycles. The van der Waals surface area contributed by atoms with Crippen LogP contribution in [0.15, 0.2) is 0 Å². The third kappa shape index (κ3) is 3.60. The Labute approximate surface area is 121 Å². The zero-order valence-corrected chi connectivity index (χ0v) is 12.8. The Bertz CT molecular complexity index is 453. The monoisotopic (exact) mass is 278 g/mol. The van der Waals surface area contributed by atoms with Gasteiger partial charge in [-0.1, -0.05) is 25.7 Å². The van der Waals surface area contributed by atoms with Gasteiger partial charge in [-0.05, 0) is 26.7 Å². The summed E-state index contributed by atoms with van der Waals surface area (Å²) in [5.74, 6) is 2.39. The van der Waals surface area contributed by atoms with E-state index in [1.807, 2.05) is 20.9 Å². The molecule has 1 aliphatic rings. The maximum atomic E-state index is 10.7. The summed E-state index contributed by atoms with van der Waals surface area (Å²) in [5, 5.41) is 17.1. The van der Waals surface area contributed by atoms with Crippen molar-refractivity contribution in [1.82, 2.24) is 9.97 Å². The fourth-order valence-corrected chi connectivity index (χ4v) is 2.86. The van der Waals surface area contributed by atoms with Crippen LogP contribution in [0.5, 0.6) is 0 Å². The van der Waals surface area contributed by atoms with Crippen molar-refractivity contribution >= 4 is 11.6 Å². The van der Waals surface area contributed by atoms with Crippen molar-refractivity contribution in [3.8, 4) is 0 Å². The minimum Gasteiger partial charge on any atom is -0.388 e. The van der Waals surface area contributed by atoms with Gasteiger partial charge in [0.15, 0.2) is 0 Å². The predicted molar refractivity (Wildman–Crippen MR) is 82.2 cm³/mol. The van der Waals surface area contributed by atoms with Gasteiger partial charge in [0.2, 0.25) is 0 Å². The fourth-order valence-electron chi connectivity index (χ4n) is 2.86. The topological polar surface area (TPSA) is 70.1 Å². The van der Waals surface area contributed by atoms with Crippen LogP contribution in [0.1, 0.15) is 49.9 Å². The molecule has 1 heterocycles. The van der Waals surface area contributed by atoms with Gasteiger partial charge in [-0.15, -0.1) is 0 Å². The lowest BCUT2D eigenvalue weighted by molar-refractivity contribution is 0.0380. The molecule has 1 fully saturated rings. The normalized spacial score (nSPS) is 18.4. The number of aliphatic hydroxyl groups is 1. The van der Waals surface area contributed by atoms with Gasteiger partial charge in [0.1, 0.15) is 17.5 Å². The molecule has 0 saturated heterocycles. The Morgan fingerprint density at radius 2 is 1.65 bits per heavy atom. The predicted octanol–water partition coefficient (Wildman–Crippen LogP) is 2.63. The molecule has 5 heteroatoms. The number of hydrogen-bond acceptors (Lipinski definition) is 5. The Morgan fingerprint density at radius 3 is 2.25 bits per heavy atom. The van der Waals surface area contributed by atoms with Crippen molar-refractivity contribution in [2.75, 3.05) is 24.2 Å². The van der Waals surface area contributed by atoms with Crippen molar-refractivity contribution in [2.24, 2.45) is 0 Å². The lowest BCUT2D eigenvalue weighted by Gasteiger charge is -2.27. The van der Waals surface area contributed by atoms with Gasteiger partial charge < -0.3 is 15.7 Å². The number of nitrogens with zero attached hydrogens (tertiary/aromatic N) is 2. The SMILES string of the molecule is CNc1nc(C)nc(NCC2(O)CCCCCC2)c1C. The Kier molecular flexibility index (Phi) is 4.81. The van der Waals surface area contributed by atoms with E-state index in [1.165, 1.54) is 12.8 Å². The molecule has 20 heavy (non-hydrogen) atoms. The molecule has 0 aliphatic heterocycles. The van der Waals surface area contributed by atoms with Gasteiger partial charge in [-0.25, -0.2) is 9.97 Å². The van der Waals surface area contributed by atoms with Crippen molar-refractivity contribution in [2.45, 2.75) is 58.0 Å². The molecule has 1 aliphatic carbocycles. The summed E-state index contributed by atoms with van der Waals surface area (Å²) in [6.07, 6.45) is 6.45. The summed E-state index contributed by atoms with van der Waals surface area (Å²) >= 11 is 0. The second-order valence-electron chi connectivity index (χ2n) is 5.84. The Balaban J connectivity index is 2.08. The fraction of sp³-hybridized carbons (Fsp3) is 0.733. The van der Waals surface area contributed by atoms with E-state index in [0.717, 1.165) is 48.7 Å². The number of rotatable bonds is 4. The van der Waals surface area contributed by atoms with Gasteiger partial charge in [-0.2, -0.15) is 0 Å². The summed E-state index contributed by atoms with van der Waals surface area (Å²) < 4.78 is 0. The van der Waals surface area contributed by atoms with Crippen LogP contribution >= 0.6 is 0 Å². The molecule has 0 bridgehead atoms. The van der Waals surface area contributed by atoms with Crippen molar-refractivity contribution in [3.63, 3.8) is 0 Å². The maximum Gasteiger partial charge on any atom is 0.134 e. The van der Waals surface area contributed by atoms with Crippen LogP contribution in [0.2, 0.25) is 0 Å². The minimum atomic E-state index is -0.596. The van der Waals surface area contributed by atoms with E-state index < -0.39 is 5.60 Å². The molecule has 1 aromatic rings. The van der Waals surface area contributed by atoms with E-state index in [9.17, 15) is 5.11 Å². The highest BCUT2D eigenvalue weighted by Crippen LogP contribution is 2.28. The number of aromatic nitrogens is 2. The van der Waals surface area contributed by atoms with E-state index >= 15 is 0 Å². The molecule has 1 saturated carbocycles. The quantitative estimate of drug-likeness (QED) is 0.739. The molecule has 0 spiro atoms. The van der Waals surface area contributed by atoms with Crippen molar-refractivity contribution in [3.05, 3.63) is 11.4 Å². The second kappa shape index (κ2) is 6.39. The van der Waals surface area contributed by atoms with Crippen molar-refractivity contribution in [1.29, 1.82) is 0 Å². The smallest absolute Gasteiger partial charge is 0.134 e. The summed E-state index contributed by atoms with van der Waals surface area (Å²) in [5.41, 5.74) is 0.400. The lowest BCUT2D eigenvalue weighted by Crippen LogP contribution is -2.36. The zero-order valence-electron chi connectivity index (χ0n) is 12.8. The van der Waals surface area contributed by atoms with Crippen molar-refractivity contribution < 1.29 is 5.11 Å². The summed E-state index contributed by atoms with van der Waals surface area (Å²) in [4.78, 5) is 8.80. The van der Waals surface area contributed by atoms with Crippen LogP contribution in [-0.2, 0) is 0 Å². The highest BCUT2D eigenvalue weighted by Gasteiger charge is 2.28. The molecule has 0 radical (unpaired) electrons. The first-order chi connectivity index (χ1) is 9.54. The average Bonchev–Trinajstić information content (AvgIpc) is 2.64. The van der Waals surface area contributed by atoms with Gasteiger partial charge in [0.25, 0.3) is 0 Å².